The Balaban J connectivity index is 1.53. The number of esters is 1. The summed E-state index contributed by atoms with van der Waals surface area (Å²) in [7, 11) is 1.33. The van der Waals surface area contributed by atoms with Crippen molar-refractivity contribution in [3.05, 3.63) is 77.6 Å². The zero-order valence-corrected chi connectivity index (χ0v) is 15.3. The fraction of sp³-hybridized carbons (Fsp3) is 0.143. The molecule has 0 fully saturated rings. The normalized spacial score (nSPS) is 12.4. The lowest BCUT2D eigenvalue weighted by atomic mass is 10.2. The summed E-state index contributed by atoms with van der Waals surface area (Å²) in [5.74, 6) is -0.302. The molecule has 1 amide bonds. The van der Waals surface area contributed by atoms with Crippen molar-refractivity contribution in [3.63, 3.8) is 0 Å². The number of anilines is 3. The average Bonchev–Trinajstić information content (AvgIpc) is 3.18. The molecular weight excluding hydrogens is 356 g/mol. The molecular formula is C21H18N4O3. The molecule has 0 spiro atoms. The van der Waals surface area contributed by atoms with Crippen LogP contribution in [0.15, 0.2) is 60.9 Å². The average molecular weight is 374 g/mol. The first-order valence-corrected chi connectivity index (χ1v) is 8.83. The molecule has 2 aromatic carbocycles. The van der Waals surface area contributed by atoms with E-state index in [0.29, 0.717) is 23.4 Å². The van der Waals surface area contributed by atoms with Crippen LogP contribution in [0.4, 0.5) is 17.3 Å². The predicted molar refractivity (Wildman–Crippen MR) is 105 cm³/mol. The molecule has 1 aromatic heterocycles. The van der Waals surface area contributed by atoms with Gasteiger partial charge in [0.25, 0.3) is 5.91 Å². The molecule has 0 saturated heterocycles. The highest BCUT2D eigenvalue weighted by Crippen LogP contribution is 2.28. The molecule has 0 saturated carbocycles. The summed E-state index contributed by atoms with van der Waals surface area (Å²) in [6.45, 7) is 0.644. The molecule has 2 heterocycles. The number of para-hydroxylation sites is 2. The van der Waals surface area contributed by atoms with E-state index in [1.807, 2.05) is 24.3 Å². The van der Waals surface area contributed by atoms with E-state index in [0.717, 1.165) is 17.7 Å². The van der Waals surface area contributed by atoms with E-state index in [1.165, 1.54) is 19.5 Å². The van der Waals surface area contributed by atoms with Crippen molar-refractivity contribution < 1.29 is 14.3 Å². The lowest BCUT2D eigenvalue weighted by molar-refractivity contribution is 0.0601. The molecule has 4 rings (SSSR count). The van der Waals surface area contributed by atoms with Gasteiger partial charge in [-0.3, -0.25) is 4.79 Å². The Kier molecular flexibility index (Phi) is 4.72. The van der Waals surface area contributed by atoms with Crippen LogP contribution in [0.25, 0.3) is 0 Å². The van der Waals surface area contributed by atoms with Crippen LogP contribution in [-0.4, -0.2) is 35.5 Å². The van der Waals surface area contributed by atoms with Crippen molar-refractivity contribution in [1.29, 1.82) is 0 Å². The maximum Gasteiger partial charge on any atom is 0.339 e. The lowest BCUT2D eigenvalue weighted by Crippen LogP contribution is -2.29. The lowest BCUT2D eigenvalue weighted by Gasteiger charge is -2.17. The summed E-state index contributed by atoms with van der Waals surface area (Å²) in [6, 6.07) is 14.8. The topological polar surface area (TPSA) is 84.4 Å². The minimum Gasteiger partial charge on any atom is -0.465 e. The van der Waals surface area contributed by atoms with Gasteiger partial charge in [-0.05, 0) is 30.2 Å². The number of nitrogens with one attached hydrogen (secondary N) is 1. The third-order valence-corrected chi connectivity index (χ3v) is 4.61. The van der Waals surface area contributed by atoms with Crippen LogP contribution in [0.2, 0.25) is 0 Å². The number of fused-ring (bicyclic) bond motifs is 1. The Morgan fingerprint density at radius 1 is 1.04 bits per heavy atom. The fourth-order valence-corrected chi connectivity index (χ4v) is 3.21. The van der Waals surface area contributed by atoms with Crippen molar-refractivity contribution >= 4 is 29.2 Å². The highest BCUT2D eigenvalue weighted by atomic mass is 16.5. The summed E-state index contributed by atoms with van der Waals surface area (Å²) >= 11 is 0. The third kappa shape index (κ3) is 3.29. The van der Waals surface area contributed by atoms with Gasteiger partial charge in [0.1, 0.15) is 0 Å². The Morgan fingerprint density at radius 3 is 2.54 bits per heavy atom. The number of carbonyl (C=O) groups excluding carboxylic acids is 2. The number of carbonyl (C=O) groups is 2. The number of rotatable bonds is 4. The monoisotopic (exact) mass is 374 g/mol. The highest BCUT2D eigenvalue weighted by Gasteiger charge is 2.25. The van der Waals surface area contributed by atoms with Gasteiger partial charge in [0.15, 0.2) is 0 Å². The van der Waals surface area contributed by atoms with Crippen LogP contribution in [0.3, 0.4) is 0 Å². The van der Waals surface area contributed by atoms with Crippen molar-refractivity contribution in [1.82, 2.24) is 9.97 Å². The SMILES string of the molecule is COC(=O)c1ccccc1Nc1ncc(C(=O)N2CCc3ccccc32)cn1. The van der Waals surface area contributed by atoms with Crippen LogP contribution in [0.5, 0.6) is 0 Å². The molecule has 7 nitrogen and oxygen atoms in total. The van der Waals surface area contributed by atoms with E-state index < -0.39 is 5.97 Å². The quantitative estimate of drug-likeness (QED) is 0.706. The Morgan fingerprint density at radius 2 is 1.75 bits per heavy atom. The molecule has 7 heteroatoms. The van der Waals surface area contributed by atoms with Crippen molar-refractivity contribution in [2.75, 3.05) is 23.9 Å². The van der Waals surface area contributed by atoms with Crippen LogP contribution >= 0.6 is 0 Å². The van der Waals surface area contributed by atoms with Crippen LogP contribution in [0.1, 0.15) is 26.3 Å². The minimum atomic E-state index is -0.456. The molecule has 1 aliphatic heterocycles. The fourth-order valence-electron chi connectivity index (χ4n) is 3.21. The third-order valence-electron chi connectivity index (χ3n) is 4.61. The largest absolute Gasteiger partial charge is 0.465 e. The second kappa shape index (κ2) is 7.48. The molecule has 0 bridgehead atoms. The van der Waals surface area contributed by atoms with Gasteiger partial charge >= 0.3 is 5.97 Å². The molecule has 140 valence electrons. The summed E-state index contributed by atoms with van der Waals surface area (Å²) in [4.78, 5) is 34.9. The van der Waals surface area contributed by atoms with E-state index >= 15 is 0 Å². The Bertz CT molecular complexity index is 1030. The molecule has 0 radical (unpaired) electrons. The van der Waals surface area contributed by atoms with Gasteiger partial charge in [0.05, 0.1) is 23.9 Å². The summed E-state index contributed by atoms with van der Waals surface area (Å²) in [6.07, 6.45) is 3.81. The number of methoxy groups -OCH3 is 1. The summed E-state index contributed by atoms with van der Waals surface area (Å²) in [5, 5.41) is 2.99. The number of aromatic nitrogens is 2. The Hall–Kier alpha value is -3.74. The maximum absolute atomic E-state index is 12.8. The molecule has 1 aliphatic rings. The highest BCUT2D eigenvalue weighted by molar-refractivity contribution is 6.07. The van der Waals surface area contributed by atoms with Crippen molar-refractivity contribution in [2.45, 2.75) is 6.42 Å². The van der Waals surface area contributed by atoms with Crippen LogP contribution in [0, 0.1) is 0 Å². The predicted octanol–water partition coefficient (Wildman–Crippen LogP) is 3.21. The van der Waals surface area contributed by atoms with Gasteiger partial charge in [-0.2, -0.15) is 0 Å². The standard InChI is InChI=1S/C21H18N4O3/c1-28-20(27)16-7-3-4-8-17(16)24-21-22-12-15(13-23-21)19(26)25-11-10-14-6-2-5-9-18(14)25/h2-9,12-13H,10-11H2,1H3,(H,22,23,24). The molecule has 0 aliphatic carbocycles. The number of amides is 1. The van der Waals surface area contributed by atoms with Crippen molar-refractivity contribution in [2.24, 2.45) is 0 Å². The smallest absolute Gasteiger partial charge is 0.339 e. The number of ether oxygens (including phenoxy) is 1. The minimum absolute atomic E-state index is 0.133. The first-order chi connectivity index (χ1) is 13.7. The zero-order valence-electron chi connectivity index (χ0n) is 15.3. The molecule has 0 atom stereocenters. The number of benzene rings is 2. The van der Waals surface area contributed by atoms with Gasteiger partial charge in [-0.25, -0.2) is 14.8 Å². The Labute approximate surface area is 162 Å². The molecule has 1 N–H and O–H groups in total. The number of hydrogen-bond acceptors (Lipinski definition) is 6. The number of nitrogens with zero attached hydrogens (tertiary/aromatic N) is 3. The maximum atomic E-state index is 12.8. The van der Waals surface area contributed by atoms with E-state index in [2.05, 4.69) is 15.3 Å². The van der Waals surface area contributed by atoms with E-state index in [-0.39, 0.29) is 11.9 Å². The summed E-state index contributed by atoms with van der Waals surface area (Å²) in [5.41, 5.74) is 3.41. The molecule has 0 unspecified atom stereocenters. The van der Waals surface area contributed by atoms with Gasteiger partial charge < -0.3 is 15.0 Å². The molecule has 28 heavy (non-hydrogen) atoms. The van der Waals surface area contributed by atoms with Crippen LogP contribution < -0.4 is 10.2 Å². The van der Waals surface area contributed by atoms with Crippen molar-refractivity contribution in [3.8, 4) is 0 Å². The van der Waals surface area contributed by atoms with E-state index in [9.17, 15) is 9.59 Å². The van der Waals surface area contributed by atoms with E-state index in [4.69, 9.17) is 4.74 Å². The van der Waals surface area contributed by atoms with E-state index in [1.54, 1.807) is 29.2 Å². The summed E-state index contributed by atoms with van der Waals surface area (Å²) < 4.78 is 4.78. The second-order valence-corrected chi connectivity index (χ2v) is 6.29. The van der Waals surface area contributed by atoms with Crippen LogP contribution in [-0.2, 0) is 11.2 Å². The number of hydrogen-bond donors (Lipinski definition) is 1. The van der Waals surface area contributed by atoms with Gasteiger partial charge in [-0.15, -0.1) is 0 Å². The van der Waals surface area contributed by atoms with Gasteiger partial charge in [-0.1, -0.05) is 30.3 Å². The van der Waals surface area contributed by atoms with Gasteiger partial charge in [0, 0.05) is 24.6 Å². The van der Waals surface area contributed by atoms with Gasteiger partial charge in [0.2, 0.25) is 5.95 Å². The first kappa shape index (κ1) is 17.7. The molecule has 3 aromatic rings. The second-order valence-electron chi connectivity index (χ2n) is 6.29. The first-order valence-electron chi connectivity index (χ1n) is 8.83. The zero-order chi connectivity index (χ0) is 19.5.